The molecular formula is C15H11BrN4O2. The number of furan rings is 1. The Hall–Kier alpha value is -2.67. The second kappa shape index (κ2) is 6.40. The summed E-state index contributed by atoms with van der Waals surface area (Å²) in [6.07, 6.45) is 3.11. The third-order valence-corrected chi connectivity index (χ3v) is 3.59. The number of hydrazone groups is 1. The largest absolute Gasteiger partial charge is 0.463 e. The van der Waals surface area contributed by atoms with Crippen LogP contribution in [-0.4, -0.2) is 22.3 Å². The number of carbonyl (C=O) groups is 1. The second-order valence-corrected chi connectivity index (χ2v) is 5.22. The third kappa shape index (κ3) is 3.15. The van der Waals surface area contributed by atoms with Gasteiger partial charge in [-0.2, -0.15) is 10.2 Å². The Morgan fingerprint density at radius 3 is 2.95 bits per heavy atom. The van der Waals surface area contributed by atoms with Crippen LogP contribution < -0.4 is 5.43 Å². The van der Waals surface area contributed by atoms with Gasteiger partial charge in [0.15, 0.2) is 11.5 Å². The molecule has 0 aliphatic rings. The Bertz CT molecular complexity index is 809. The molecule has 3 rings (SSSR count). The molecule has 0 saturated carbocycles. The van der Waals surface area contributed by atoms with E-state index in [1.54, 1.807) is 30.7 Å². The normalized spacial score (nSPS) is 11.0. The van der Waals surface area contributed by atoms with Crippen LogP contribution in [0.15, 0.2) is 62.7 Å². The first-order chi connectivity index (χ1) is 10.7. The van der Waals surface area contributed by atoms with E-state index in [-0.39, 0.29) is 5.69 Å². The van der Waals surface area contributed by atoms with Crippen molar-refractivity contribution < 1.29 is 9.21 Å². The van der Waals surface area contributed by atoms with Crippen LogP contribution in [-0.2, 0) is 0 Å². The monoisotopic (exact) mass is 358 g/mol. The lowest BCUT2D eigenvalue weighted by atomic mass is 10.2. The van der Waals surface area contributed by atoms with Crippen molar-refractivity contribution in [3.63, 3.8) is 0 Å². The Morgan fingerprint density at radius 1 is 1.32 bits per heavy atom. The SMILES string of the molecule is O=C(NN=Cc1ccccc1Br)c1cc(-c2ccco2)[nH]n1. The van der Waals surface area contributed by atoms with Crippen LogP contribution in [0, 0.1) is 0 Å². The number of nitrogens with zero attached hydrogens (tertiary/aromatic N) is 2. The number of benzene rings is 1. The van der Waals surface area contributed by atoms with Gasteiger partial charge < -0.3 is 4.42 Å². The van der Waals surface area contributed by atoms with Gasteiger partial charge in [0.05, 0.1) is 12.5 Å². The quantitative estimate of drug-likeness (QED) is 0.554. The molecule has 1 aromatic carbocycles. The van der Waals surface area contributed by atoms with E-state index in [2.05, 4.69) is 36.7 Å². The smallest absolute Gasteiger partial charge is 0.291 e. The molecule has 110 valence electrons. The van der Waals surface area contributed by atoms with Gasteiger partial charge in [-0.25, -0.2) is 5.43 Å². The van der Waals surface area contributed by atoms with E-state index in [4.69, 9.17) is 4.42 Å². The van der Waals surface area contributed by atoms with E-state index in [0.717, 1.165) is 10.0 Å². The highest BCUT2D eigenvalue weighted by molar-refractivity contribution is 9.10. The molecule has 0 spiro atoms. The molecule has 0 unspecified atom stereocenters. The lowest BCUT2D eigenvalue weighted by Crippen LogP contribution is -2.18. The third-order valence-electron chi connectivity index (χ3n) is 2.87. The highest BCUT2D eigenvalue weighted by Gasteiger charge is 2.11. The number of nitrogens with one attached hydrogen (secondary N) is 2. The lowest BCUT2D eigenvalue weighted by Gasteiger charge is -1.97. The first-order valence-corrected chi connectivity index (χ1v) is 7.20. The van der Waals surface area contributed by atoms with Crippen LogP contribution in [0.5, 0.6) is 0 Å². The van der Waals surface area contributed by atoms with Crippen molar-refractivity contribution in [2.24, 2.45) is 5.10 Å². The number of hydrogen-bond donors (Lipinski definition) is 2. The first-order valence-electron chi connectivity index (χ1n) is 6.41. The number of halogens is 1. The van der Waals surface area contributed by atoms with Crippen molar-refractivity contribution in [1.29, 1.82) is 0 Å². The number of H-pyrrole nitrogens is 1. The summed E-state index contributed by atoms with van der Waals surface area (Å²) in [5.74, 6) is 0.209. The minimum absolute atomic E-state index is 0.232. The van der Waals surface area contributed by atoms with Crippen LogP contribution in [0.3, 0.4) is 0 Å². The van der Waals surface area contributed by atoms with Gasteiger partial charge in [0, 0.05) is 16.1 Å². The molecule has 0 radical (unpaired) electrons. The summed E-state index contributed by atoms with van der Waals surface area (Å²) >= 11 is 3.40. The predicted octanol–water partition coefficient (Wildman–Crippen LogP) is 3.20. The Morgan fingerprint density at radius 2 is 2.18 bits per heavy atom. The fraction of sp³-hybridized carbons (Fsp3) is 0. The van der Waals surface area contributed by atoms with Crippen LogP contribution in [0.2, 0.25) is 0 Å². The molecule has 1 amide bonds. The topological polar surface area (TPSA) is 83.3 Å². The van der Waals surface area contributed by atoms with Gasteiger partial charge in [-0.05, 0) is 18.2 Å². The van der Waals surface area contributed by atoms with E-state index in [1.165, 1.54) is 0 Å². The molecule has 0 atom stereocenters. The number of rotatable bonds is 4. The molecule has 0 aliphatic heterocycles. The average Bonchev–Trinajstić information content (AvgIpc) is 3.20. The lowest BCUT2D eigenvalue weighted by molar-refractivity contribution is 0.0950. The second-order valence-electron chi connectivity index (χ2n) is 4.36. The van der Waals surface area contributed by atoms with Gasteiger partial charge in [0.25, 0.3) is 5.91 Å². The Labute approximate surface area is 134 Å². The van der Waals surface area contributed by atoms with Crippen LogP contribution in [0.25, 0.3) is 11.5 Å². The molecule has 0 aliphatic carbocycles. The van der Waals surface area contributed by atoms with Gasteiger partial charge in [-0.1, -0.05) is 34.1 Å². The predicted molar refractivity (Wildman–Crippen MR) is 85.5 cm³/mol. The maximum atomic E-state index is 12.0. The molecule has 2 heterocycles. The highest BCUT2D eigenvalue weighted by Crippen LogP contribution is 2.17. The maximum absolute atomic E-state index is 12.0. The van der Waals surface area contributed by atoms with Crippen molar-refractivity contribution in [2.75, 3.05) is 0 Å². The van der Waals surface area contributed by atoms with Crippen LogP contribution in [0.1, 0.15) is 16.1 Å². The van der Waals surface area contributed by atoms with E-state index in [0.29, 0.717) is 11.5 Å². The highest BCUT2D eigenvalue weighted by atomic mass is 79.9. The van der Waals surface area contributed by atoms with Crippen LogP contribution >= 0.6 is 15.9 Å². The zero-order valence-electron chi connectivity index (χ0n) is 11.3. The van der Waals surface area contributed by atoms with Crippen LogP contribution in [0.4, 0.5) is 0 Å². The molecular weight excluding hydrogens is 348 g/mol. The molecule has 0 fully saturated rings. The van der Waals surface area contributed by atoms with Crippen molar-refractivity contribution >= 4 is 28.1 Å². The number of amides is 1. The summed E-state index contributed by atoms with van der Waals surface area (Å²) in [6, 6.07) is 12.7. The number of hydrogen-bond acceptors (Lipinski definition) is 4. The summed E-state index contributed by atoms with van der Waals surface area (Å²) in [4.78, 5) is 12.0. The fourth-order valence-electron chi connectivity index (χ4n) is 1.79. The molecule has 6 nitrogen and oxygen atoms in total. The number of aromatic nitrogens is 2. The molecule has 0 saturated heterocycles. The Balaban J connectivity index is 1.67. The van der Waals surface area contributed by atoms with E-state index in [9.17, 15) is 4.79 Å². The summed E-state index contributed by atoms with van der Waals surface area (Å²) in [5, 5.41) is 10.6. The molecule has 2 aromatic heterocycles. The number of carbonyl (C=O) groups excluding carboxylic acids is 1. The van der Waals surface area contributed by atoms with E-state index in [1.807, 2.05) is 24.3 Å². The summed E-state index contributed by atoms with van der Waals surface area (Å²) in [7, 11) is 0. The molecule has 0 bridgehead atoms. The molecule has 22 heavy (non-hydrogen) atoms. The minimum Gasteiger partial charge on any atom is -0.463 e. The van der Waals surface area contributed by atoms with Gasteiger partial charge in [-0.15, -0.1) is 0 Å². The summed E-state index contributed by atoms with van der Waals surface area (Å²) in [5.41, 5.74) is 4.15. The van der Waals surface area contributed by atoms with E-state index >= 15 is 0 Å². The Kier molecular flexibility index (Phi) is 4.15. The fourth-order valence-corrected chi connectivity index (χ4v) is 2.18. The summed E-state index contributed by atoms with van der Waals surface area (Å²) < 4.78 is 6.12. The van der Waals surface area contributed by atoms with Crippen molar-refractivity contribution in [2.45, 2.75) is 0 Å². The minimum atomic E-state index is -0.405. The zero-order chi connectivity index (χ0) is 15.4. The van der Waals surface area contributed by atoms with E-state index < -0.39 is 5.91 Å². The standard InChI is InChI=1S/C15H11BrN4O2/c16-11-5-2-1-4-10(11)9-17-20-15(21)13-8-12(18-19-13)14-6-3-7-22-14/h1-9H,(H,18,19)(H,20,21). The van der Waals surface area contributed by atoms with Crippen molar-refractivity contribution in [3.05, 3.63) is 64.5 Å². The van der Waals surface area contributed by atoms with Gasteiger partial charge in [0.2, 0.25) is 0 Å². The summed E-state index contributed by atoms with van der Waals surface area (Å²) in [6.45, 7) is 0. The average molecular weight is 359 g/mol. The van der Waals surface area contributed by atoms with Crippen molar-refractivity contribution in [3.8, 4) is 11.5 Å². The van der Waals surface area contributed by atoms with Gasteiger partial charge in [0.1, 0.15) is 5.69 Å². The van der Waals surface area contributed by atoms with Gasteiger partial charge >= 0.3 is 0 Å². The molecule has 7 heteroatoms. The first kappa shape index (κ1) is 14.3. The van der Waals surface area contributed by atoms with Gasteiger partial charge in [-0.3, -0.25) is 9.89 Å². The molecule has 3 aromatic rings. The van der Waals surface area contributed by atoms with Crippen molar-refractivity contribution in [1.82, 2.24) is 15.6 Å². The zero-order valence-corrected chi connectivity index (χ0v) is 12.9. The molecule has 2 N–H and O–H groups in total. The maximum Gasteiger partial charge on any atom is 0.291 e. The number of aromatic amines is 1.